The molecule has 0 radical (unpaired) electrons. The summed E-state index contributed by atoms with van der Waals surface area (Å²) in [4.78, 5) is 12.0. The van der Waals surface area contributed by atoms with Crippen LogP contribution in [-0.2, 0) is 17.8 Å². The maximum absolute atomic E-state index is 12.0. The highest BCUT2D eigenvalue weighted by atomic mass is 35.5. The van der Waals surface area contributed by atoms with E-state index in [-0.39, 0.29) is 5.91 Å². The molecule has 24 heavy (non-hydrogen) atoms. The molecular weight excluding hydrogens is 322 g/mol. The van der Waals surface area contributed by atoms with E-state index in [1.165, 1.54) is 5.56 Å². The molecule has 0 saturated carbocycles. The number of rotatable bonds is 6. The van der Waals surface area contributed by atoms with Gasteiger partial charge in [0.15, 0.2) is 0 Å². The number of hydrogen-bond acceptors (Lipinski definition) is 2. The maximum atomic E-state index is 12.0. The van der Waals surface area contributed by atoms with Crippen LogP contribution >= 0.6 is 11.6 Å². The van der Waals surface area contributed by atoms with Gasteiger partial charge in [-0.15, -0.1) is 0 Å². The molecule has 0 bridgehead atoms. The molecule has 0 aliphatic carbocycles. The van der Waals surface area contributed by atoms with Gasteiger partial charge in [-0.25, -0.2) is 0 Å². The third-order valence-electron chi connectivity index (χ3n) is 3.97. The highest BCUT2D eigenvalue weighted by molar-refractivity contribution is 6.30. The molecule has 1 amide bonds. The molecule has 124 valence electrons. The lowest BCUT2D eigenvalue weighted by Crippen LogP contribution is -2.26. The lowest BCUT2D eigenvalue weighted by Gasteiger charge is -2.07. The van der Waals surface area contributed by atoms with Crippen LogP contribution in [-0.4, -0.2) is 22.2 Å². The smallest absolute Gasteiger partial charge is 0.221 e. The van der Waals surface area contributed by atoms with E-state index in [4.69, 9.17) is 11.6 Å². The fraction of sp³-hybridized carbons (Fsp3) is 0.263. The van der Waals surface area contributed by atoms with Crippen molar-refractivity contribution in [1.29, 1.82) is 0 Å². The van der Waals surface area contributed by atoms with Crippen molar-refractivity contribution < 1.29 is 4.79 Å². The Balaban J connectivity index is 1.48. The quantitative estimate of drug-likeness (QED) is 0.742. The molecular formula is C19H20ClN3O. The lowest BCUT2D eigenvalue weighted by molar-refractivity contribution is -0.121. The predicted molar refractivity (Wildman–Crippen MR) is 97.3 cm³/mol. The zero-order chi connectivity index (χ0) is 16.9. The van der Waals surface area contributed by atoms with E-state index in [1.54, 1.807) is 0 Å². The number of aryl methyl sites for hydroxylation is 2. The Bertz CT molecular complexity index is 857. The topological polar surface area (TPSA) is 46.9 Å². The SMILES string of the molecule is Cc1ccc2c(cnn2CCC(=O)NCCc2cccc(Cl)c2)c1. The van der Waals surface area contributed by atoms with Gasteiger partial charge in [-0.05, 0) is 43.2 Å². The monoisotopic (exact) mass is 341 g/mol. The highest BCUT2D eigenvalue weighted by Gasteiger charge is 2.06. The molecule has 4 nitrogen and oxygen atoms in total. The molecule has 1 heterocycles. The van der Waals surface area contributed by atoms with Crippen molar-refractivity contribution in [2.24, 2.45) is 0 Å². The predicted octanol–water partition coefficient (Wildman–Crippen LogP) is 3.75. The van der Waals surface area contributed by atoms with E-state index in [2.05, 4.69) is 35.5 Å². The lowest BCUT2D eigenvalue weighted by atomic mass is 10.1. The summed E-state index contributed by atoms with van der Waals surface area (Å²) in [7, 11) is 0. The van der Waals surface area contributed by atoms with Crippen molar-refractivity contribution in [2.75, 3.05) is 6.54 Å². The summed E-state index contributed by atoms with van der Waals surface area (Å²) in [6.07, 6.45) is 3.04. The van der Waals surface area contributed by atoms with Crippen LogP contribution in [0.25, 0.3) is 10.9 Å². The first-order chi connectivity index (χ1) is 11.6. The minimum absolute atomic E-state index is 0.0350. The van der Waals surface area contributed by atoms with E-state index >= 15 is 0 Å². The van der Waals surface area contributed by atoms with Gasteiger partial charge in [-0.1, -0.05) is 35.4 Å². The van der Waals surface area contributed by atoms with Gasteiger partial charge in [0.2, 0.25) is 5.91 Å². The van der Waals surface area contributed by atoms with E-state index in [1.807, 2.05) is 35.1 Å². The first-order valence-corrected chi connectivity index (χ1v) is 8.43. The van der Waals surface area contributed by atoms with E-state index in [0.717, 1.165) is 27.9 Å². The van der Waals surface area contributed by atoms with Gasteiger partial charge in [0, 0.05) is 23.4 Å². The number of fused-ring (bicyclic) bond motifs is 1. The minimum atomic E-state index is 0.0350. The van der Waals surface area contributed by atoms with E-state index in [0.29, 0.717) is 19.5 Å². The van der Waals surface area contributed by atoms with Gasteiger partial charge in [0.1, 0.15) is 0 Å². The van der Waals surface area contributed by atoms with Gasteiger partial charge >= 0.3 is 0 Å². The summed E-state index contributed by atoms with van der Waals surface area (Å²) in [6, 6.07) is 13.9. The van der Waals surface area contributed by atoms with Crippen LogP contribution < -0.4 is 5.32 Å². The Morgan fingerprint density at radius 2 is 2.12 bits per heavy atom. The second-order valence-electron chi connectivity index (χ2n) is 5.91. The first kappa shape index (κ1) is 16.5. The standard InChI is InChI=1S/C19H20ClN3O/c1-14-5-6-18-16(11-14)13-22-23(18)10-8-19(24)21-9-7-15-3-2-4-17(20)12-15/h2-6,11-13H,7-10H2,1H3,(H,21,24). The molecule has 5 heteroatoms. The van der Waals surface area contributed by atoms with Crippen LogP contribution in [0.15, 0.2) is 48.7 Å². The third kappa shape index (κ3) is 4.15. The molecule has 1 N–H and O–H groups in total. The average Bonchev–Trinajstić information content (AvgIpc) is 2.95. The van der Waals surface area contributed by atoms with E-state index < -0.39 is 0 Å². The largest absolute Gasteiger partial charge is 0.356 e. The van der Waals surface area contributed by atoms with Crippen LogP contribution in [0.4, 0.5) is 0 Å². The summed E-state index contributed by atoms with van der Waals surface area (Å²) >= 11 is 5.95. The van der Waals surface area contributed by atoms with Crippen molar-refractivity contribution in [3.8, 4) is 0 Å². The van der Waals surface area contributed by atoms with Crippen molar-refractivity contribution in [2.45, 2.75) is 26.3 Å². The van der Waals surface area contributed by atoms with Crippen LogP contribution in [0.3, 0.4) is 0 Å². The van der Waals surface area contributed by atoms with Crippen LogP contribution in [0.5, 0.6) is 0 Å². The molecule has 0 saturated heterocycles. The number of hydrogen-bond donors (Lipinski definition) is 1. The second kappa shape index (κ2) is 7.49. The number of nitrogens with one attached hydrogen (secondary N) is 1. The third-order valence-corrected chi connectivity index (χ3v) is 4.21. The van der Waals surface area contributed by atoms with Crippen molar-refractivity contribution in [3.63, 3.8) is 0 Å². The van der Waals surface area contributed by atoms with Gasteiger partial charge in [0.05, 0.1) is 18.3 Å². The zero-order valence-electron chi connectivity index (χ0n) is 13.6. The summed E-state index contributed by atoms with van der Waals surface area (Å²) in [5.41, 5.74) is 3.39. The summed E-state index contributed by atoms with van der Waals surface area (Å²) in [5.74, 6) is 0.0350. The number of halogens is 1. The van der Waals surface area contributed by atoms with Gasteiger partial charge in [-0.2, -0.15) is 5.10 Å². The Labute approximate surface area is 146 Å². The number of nitrogens with zero attached hydrogens (tertiary/aromatic N) is 2. The zero-order valence-corrected chi connectivity index (χ0v) is 14.4. The Morgan fingerprint density at radius 3 is 2.96 bits per heavy atom. The molecule has 0 aliphatic rings. The molecule has 0 fully saturated rings. The molecule has 0 atom stereocenters. The number of carbonyl (C=O) groups is 1. The van der Waals surface area contributed by atoms with Crippen molar-refractivity contribution >= 4 is 28.4 Å². The van der Waals surface area contributed by atoms with Crippen LogP contribution in [0.2, 0.25) is 5.02 Å². The normalized spacial score (nSPS) is 10.9. The Kier molecular flexibility index (Phi) is 5.16. The molecule has 0 spiro atoms. The number of aromatic nitrogens is 2. The fourth-order valence-electron chi connectivity index (χ4n) is 2.72. The average molecular weight is 342 g/mol. The maximum Gasteiger partial charge on any atom is 0.221 e. The van der Waals surface area contributed by atoms with Crippen LogP contribution in [0, 0.1) is 6.92 Å². The fourth-order valence-corrected chi connectivity index (χ4v) is 2.93. The number of amides is 1. The minimum Gasteiger partial charge on any atom is -0.356 e. The van der Waals surface area contributed by atoms with Gasteiger partial charge in [0.25, 0.3) is 0 Å². The van der Waals surface area contributed by atoms with Crippen molar-refractivity contribution in [1.82, 2.24) is 15.1 Å². The summed E-state index contributed by atoms with van der Waals surface area (Å²) in [5, 5.41) is 9.14. The summed E-state index contributed by atoms with van der Waals surface area (Å²) in [6.45, 7) is 3.25. The van der Waals surface area contributed by atoms with Gasteiger partial charge < -0.3 is 5.32 Å². The van der Waals surface area contributed by atoms with Gasteiger partial charge in [-0.3, -0.25) is 9.48 Å². The Morgan fingerprint density at radius 1 is 1.25 bits per heavy atom. The second-order valence-corrected chi connectivity index (χ2v) is 6.35. The number of carbonyl (C=O) groups excluding carboxylic acids is 1. The first-order valence-electron chi connectivity index (χ1n) is 8.05. The molecule has 1 aromatic heterocycles. The molecule has 3 rings (SSSR count). The summed E-state index contributed by atoms with van der Waals surface area (Å²) < 4.78 is 1.88. The van der Waals surface area contributed by atoms with Crippen LogP contribution in [0.1, 0.15) is 17.5 Å². The highest BCUT2D eigenvalue weighted by Crippen LogP contribution is 2.15. The Hall–Kier alpha value is -2.33. The number of benzene rings is 2. The molecule has 0 aliphatic heterocycles. The van der Waals surface area contributed by atoms with Crippen molar-refractivity contribution in [3.05, 3.63) is 64.8 Å². The molecule has 3 aromatic rings. The molecule has 0 unspecified atom stereocenters. The van der Waals surface area contributed by atoms with E-state index in [9.17, 15) is 4.79 Å². The molecule has 2 aromatic carbocycles.